The van der Waals surface area contributed by atoms with Crippen molar-refractivity contribution in [2.75, 3.05) is 6.54 Å². The summed E-state index contributed by atoms with van der Waals surface area (Å²) in [7, 11) is 2.01. The van der Waals surface area contributed by atoms with Gasteiger partial charge in [-0.3, -0.25) is 4.68 Å². The lowest BCUT2D eigenvalue weighted by atomic mass is 10.0. The first-order valence-electron chi connectivity index (χ1n) is 7.14. The third kappa shape index (κ3) is 3.46. The number of nitrogens with one attached hydrogen (secondary N) is 1. The van der Waals surface area contributed by atoms with Gasteiger partial charge in [0.15, 0.2) is 0 Å². The molecule has 0 aliphatic heterocycles. The molecule has 0 aliphatic rings. The molecule has 0 radical (unpaired) electrons. The summed E-state index contributed by atoms with van der Waals surface area (Å²) < 4.78 is 1.97. The van der Waals surface area contributed by atoms with E-state index in [4.69, 9.17) is 0 Å². The van der Waals surface area contributed by atoms with Crippen LogP contribution in [-0.2, 0) is 19.9 Å². The molecule has 20 heavy (non-hydrogen) atoms. The average Bonchev–Trinajstić information content (AvgIpc) is 2.89. The molecule has 0 bridgehead atoms. The van der Waals surface area contributed by atoms with E-state index in [0.717, 1.165) is 30.1 Å². The molecule has 5 heteroatoms. The number of nitrogens with zero attached hydrogens (tertiary/aromatic N) is 3. The molecule has 0 saturated carbocycles. The van der Waals surface area contributed by atoms with Crippen LogP contribution >= 0.6 is 11.3 Å². The fourth-order valence-corrected chi connectivity index (χ4v) is 3.24. The van der Waals surface area contributed by atoms with Crippen molar-refractivity contribution in [1.82, 2.24) is 20.1 Å². The van der Waals surface area contributed by atoms with Gasteiger partial charge in [-0.25, -0.2) is 4.98 Å². The zero-order valence-electron chi connectivity index (χ0n) is 13.0. The largest absolute Gasteiger partial charge is 0.314 e. The Hall–Kier alpha value is -1.20. The topological polar surface area (TPSA) is 42.7 Å². The fraction of sp³-hybridized carbons (Fsp3) is 0.600. The average molecular weight is 292 g/mol. The lowest BCUT2D eigenvalue weighted by Crippen LogP contribution is -2.33. The monoisotopic (exact) mass is 292 g/mol. The van der Waals surface area contributed by atoms with Crippen molar-refractivity contribution in [2.45, 2.75) is 46.6 Å². The van der Waals surface area contributed by atoms with Crippen molar-refractivity contribution < 1.29 is 0 Å². The minimum absolute atomic E-state index is 0.420. The van der Waals surface area contributed by atoms with Gasteiger partial charge in [0.2, 0.25) is 0 Å². The Balaban J connectivity index is 2.12. The van der Waals surface area contributed by atoms with Crippen LogP contribution in [0.15, 0.2) is 5.38 Å². The number of thiazole rings is 1. The summed E-state index contributed by atoms with van der Waals surface area (Å²) in [6.07, 6.45) is 1.99. The zero-order valence-corrected chi connectivity index (χ0v) is 13.8. The predicted molar refractivity (Wildman–Crippen MR) is 84.4 cm³/mol. The van der Waals surface area contributed by atoms with Gasteiger partial charge in [-0.05, 0) is 39.3 Å². The van der Waals surface area contributed by atoms with Crippen LogP contribution < -0.4 is 5.32 Å². The third-order valence-electron chi connectivity index (χ3n) is 3.72. The summed E-state index contributed by atoms with van der Waals surface area (Å²) >= 11 is 1.73. The number of aromatic nitrogens is 3. The summed E-state index contributed by atoms with van der Waals surface area (Å²) in [4.78, 5) is 4.58. The first-order valence-corrected chi connectivity index (χ1v) is 8.02. The minimum Gasteiger partial charge on any atom is -0.314 e. The van der Waals surface area contributed by atoms with Crippen LogP contribution in [-0.4, -0.2) is 27.4 Å². The molecule has 1 N–H and O–H groups in total. The van der Waals surface area contributed by atoms with E-state index in [9.17, 15) is 0 Å². The van der Waals surface area contributed by atoms with Crippen LogP contribution in [0.3, 0.4) is 0 Å². The highest BCUT2D eigenvalue weighted by Crippen LogP contribution is 2.17. The van der Waals surface area contributed by atoms with Crippen LogP contribution in [0.25, 0.3) is 0 Å². The minimum atomic E-state index is 0.420. The summed E-state index contributed by atoms with van der Waals surface area (Å²) in [5.41, 5.74) is 4.96. The number of hydrogen-bond acceptors (Lipinski definition) is 4. The van der Waals surface area contributed by atoms with Gasteiger partial charge in [0.05, 0.1) is 16.4 Å². The number of aryl methyl sites for hydroxylation is 3. The molecule has 0 aromatic carbocycles. The second-order valence-corrected chi connectivity index (χ2v) is 6.36. The van der Waals surface area contributed by atoms with Crippen molar-refractivity contribution in [3.63, 3.8) is 0 Å². The van der Waals surface area contributed by atoms with Gasteiger partial charge in [0, 0.05) is 30.6 Å². The highest BCUT2D eigenvalue weighted by atomic mass is 32.1. The summed E-state index contributed by atoms with van der Waals surface area (Å²) in [6.45, 7) is 9.43. The van der Waals surface area contributed by atoms with Crippen LogP contribution in [0.5, 0.6) is 0 Å². The Morgan fingerprint density at radius 1 is 1.30 bits per heavy atom. The first-order chi connectivity index (χ1) is 9.51. The van der Waals surface area contributed by atoms with E-state index in [-0.39, 0.29) is 0 Å². The van der Waals surface area contributed by atoms with Crippen molar-refractivity contribution in [3.05, 3.63) is 33.0 Å². The summed E-state index contributed by atoms with van der Waals surface area (Å²) in [5, 5.41) is 11.4. The summed E-state index contributed by atoms with van der Waals surface area (Å²) in [5.74, 6) is 0. The lowest BCUT2D eigenvalue weighted by Gasteiger charge is -2.17. The molecule has 2 rings (SSSR count). The second-order valence-electron chi connectivity index (χ2n) is 5.29. The zero-order chi connectivity index (χ0) is 14.7. The van der Waals surface area contributed by atoms with E-state index >= 15 is 0 Å². The molecule has 1 atom stereocenters. The van der Waals surface area contributed by atoms with Gasteiger partial charge in [-0.2, -0.15) is 5.10 Å². The van der Waals surface area contributed by atoms with Crippen molar-refractivity contribution >= 4 is 11.3 Å². The fourth-order valence-electron chi connectivity index (χ4n) is 2.62. The maximum absolute atomic E-state index is 4.58. The Kier molecular flexibility index (Phi) is 4.94. The molecule has 0 amide bonds. The normalized spacial score (nSPS) is 12.8. The Labute approximate surface area is 125 Å². The van der Waals surface area contributed by atoms with Crippen LogP contribution in [0, 0.1) is 20.8 Å². The Morgan fingerprint density at radius 2 is 2.05 bits per heavy atom. The maximum atomic E-state index is 4.58. The van der Waals surface area contributed by atoms with Gasteiger partial charge in [-0.15, -0.1) is 11.3 Å². The molecule has 110 valence electrons. The quantitative estimate of drug-likeness (QED) is 0.890. The van der Waals surface area contributed by atoms with Crippen LogP contribution in [0.4, 0.5) is 0 Å². The summed E-state index contributed by atoms with van der Waals surface area (Å²) in [6, 6.07) is 0.420. The van der Waals surface area contributed by atoms with Gasteiger partial charge >= 0.3 is 0 Å². The maximum Gasteiger partial charge on any atom is 0.0897 e. The van der Waals surface area contributed by atoms with Crippen molar-refractivity contribution in [1.29, 1.82) is 0 Å². The standard InChI is InChI=1S/C15H24N4S/c1-6-16-13(7-14-9-20-12(4)17-14)8-15-10(2)18-19(5)11(15)3/h9,13,16H,6-8H2,1-5H3. The van der Waals surface area contributed by atoms with E-state index in [2.05, 4.69) is 48.5 Å². The Morgan fingerprint density at radius 3 is 2.55 bits per heavy atom. The molecule has 2 heterocycles. The molecular formula is C15H24N4S. The molecule has 2 aromatic rings. The van der Waals surface area contributed by atoms with E-state index in [1.54, 1.807) is 11.3 Å². The first kappa shape index (κ1) is 15.2. The SMILES string of the molecule is CCNC(Cc1csc(C)n1)Cc1c(C)nn(C)c1C. The third-order valence-corrected chi connectivity index (χ3v) is 4.55. The van der Waals surface area contributed by atoms with Gasteiger partial charge < -0.3 is 5.32 Å². The second kappa shape index (κ2) is 6.50. The molecule has 0 aliphatic carbocycles. The molecule has 4 nitrogen and oxygen atoms in total. The van der Waals surface area contributed by atoms with Gasteiger partial charge in [0.25, 0.3) is 0 Å². The molecule has 2 aromatic heterocycles. The van der Waals surface area contributed by atoms with Gasteiger partial charge in [-0.1, -0.05) is 6.92 Å². The Bertz CT molecular complexity index is 570. The lowest BCUT2D eigenvalue weighted by molar-refractivity contribution is 0.515. The molecule has 0 spiro atoms. The smallest absolute Gasteiger partial charge is 0.0897 e. The number of likely N-dealkylation sites (N-methyl/N-ethyl adjacent to an activating group) is 1. The van der Waals surface area contributed by atoms with Crippen LogP contribution in [0.2, 0.25) is 0 Å². The number of rotatable bonds is 6. The highest BCUT2D eigenvalue weighted by Gasteiger charge is 2.16. The van der Waals surface area contributed by atoms with E-state index in [0.29, 0.717) is 6.04 Å². The van der Waals surface area contributed by atoms with Crippen molar-refractivity contribution in [2.24, 2.45) is 7.05 Å². The van der Waals surface area contributed by atoms with Crippen molar-refractivity contribution in [3.8, 4) is 0 Å². The van der Waals surface area contributed by atoms with Crippen LogP contribution in [0.1, 0.15) is 34.6 Å². The number of hydrogen-bond donors (Lipinski definition) is 1. The molecule has 0 fully saturated rings. The van der Waals surface area contributed by atoms with E-state index in [1.807, 2.05) is 11.7 Å². The van der Waals surface area contributed by atoms with E-state index < -0.39 is 0 Å². The van der Waals surface area contributed by atoms with E-state index in [1.165, 1.54) is 17.0 Å². The molecule has 0 saturated heterocycles. The molecular weight excluding hydrogens is 268 g/mol. The predicted octanol–water partition coefficient (Wildman–Crippen LogP) is 2.57. The molecule has 1 unspecified atom stereocenters. The highest BCUT2D eigenvalue weighted by molar-refractivity contribution is 7.09. The van der Waals surface area contributed by atoms with Gasteiger partial charge in [0.1, 0.15) is 0 Å².